The Hall–Kier alpha value is -2.67. The van der Waals surface area contributed by atoms with Crippen molar-refractivity contribution in [1.29, 1.82) is 0 Å². The van der Waals surface area contributed by atoms with Crippen molar-refractivity contribution in [3.05, 3.63) is 35.2 Å². The molecule has 0 bridgehead atoms. The van der Waals surface area contributed by atoms with Gasteiger partial charge in [0.2, 0.25) is 0 Å². The molecule has 0 spiro atoms. The summed E-state index contributed by atoms with van der Waals surface area (Å²) in [5.74, 6) is 0.129. The fourth-order valence-corrected chi connectivity index (χ4v) is 6.25. The van der Waals surface area contributed by atoms with E-state index in [0.717, 1.165) is 19.3 Å². The lowest BCUT2D eigenvalue weighted by atomic mass is 10.0. The zero-order valence-corrected chi connectivity index (χ0v) is 25.5. The standard InChI is InChI=1S/C28H44N4O7S/c1-18-15-32(19(2)17-33)28(34)24-14-23(30-40(35,36)27-21(4)29-39-22(27)5)11-12-25(24)38-20(3)10-8-9-13-37-26(18)16-31(6)7/h11-12,14,18-20,26,30,33H,8-10,13,15-17H2,1-7H3/t18-,19+,20-,26-/m0/s1. The van der Waals surface area contributed by atoms with E-state index in [4.69, 9.17) is 14.0 Å². The number of aliphatic hydroxyl groups excluding tert-OH is 1. The molecule has 1 aliphatic rings. The van der Waals surface area contributed by atoms with Crippen molar-refractivity contribution in [3.8, 4) is 5.75 Å². The van der Waals surface area contributed by atoms with E-state index in [1.165, 1.54) is 13.0 Å². The van der Waals surface area contributed by atoms with Gasteiger partial charge in [0, 0.05) is 31.3 Å². The molecule has 1 aliphatic heterocycles. The largest absolute Gasteiger partial charge is 0.490 e. The third-order valence-electron chi connectivity index (χ3n) is 7.09. The summed E-state index contributed by atoms with van der Waals surface area (Å²) in [4.78, 5) is 17.8. The minimum Gasteiger partial charge on any atom is -0.490 e. The van der Waals surface area contributed by atoms with Crippen LogP contribution in [-0.4, -0.2) is 93.0 Å². The van der Waals surface area contributed by atoms with Gasteiger partial charge in [0.15, 0.2) is 10.7 Å². The summed E-state index contributed by atoms with van der Waals surface area (Å²) in [6.45, 7) is 10.3. The quantitative estimate of drug-likeness (QED) is 0.505. The molecule has 11 nitrogen and oxygen atoms in total. The zero-order valence-electron chi connectivity index (χ0n) is 24.6. The van der Waals surface area contributed by atoms with Crippen molar-refractivity contribution in [3.63, 3.8) is 0 Å². The van der Waals surface area contributed by atoms with Crippen LogP contribution in [0.25, 0.3) is 0 Å². The lowest BCUT2D eigenvalue weighted by molar-refractivity contribution is -0.0137. The smallest absolute Gasteiger partial charge is 0.267 e. The Labute approximate surface area is 237 Å². The second-order valence-electron chi connectivity index (χ2n) is 11.0. The molecule has 2 aromatic rings. The van der Waals surface area contributed by atoms with E-state index in [1.54, 1.807) is 30.9 Å². The first kappa shape index (κ1) is 31.9. The number of anilines is 1. The average Bonchev–Trinajstić information content (AvgIpc) is 3.23. The normalized spacial score (nSPS) is 22.4. The van der Waals surface area contributed by atoms with Crippen LogP contribution in [0.2, 0.25) is 0 Å². The number of rotatable bonds is 7. The molecule has 1 aromatic heterocycles. The maximum absolute atomic E-state index is 14.1. The van der Waals surface area contributed by atoms with Gasteiger partial charge in [-0.3, -0.25) is 9.52 Å². The highest BCUT2D eigenvalue weighted by Gasteiger charge is 2.31. The van der Waals surface area contributed by atoms with Crippen molar-refractivity contribution >= 4 is 21.6 Å². The van der Waals surface area contributed by atoms with Gasteiger partial charge in [-0.05, 0) is 79.3 Å². The fraction of sp³-hybridized carbons (Fsp3) is 0.643. The Morgan fingerprint density at radius 2 is 1.95 bits per heavy atom. The van der Waals surface area contributed by atoms with Gasteiger partial charge < -0.3 is 28.9 Å². The molecule has 0 radical (unpaired) electrons. The highest BCUT2D eigenvalue weighted by atomic mass is 32.2. The lowest BCUT2D eigenvalue weighted by Gasteiger charge is -2.35. The predicted octanol–water partition coefficient (Wildman–Crippen LogP) is 3.45. The maximum Gasteiger partial charge on any atom is 0.267 e. The zero-order chi connectivity index (χ0) is 29.6. The number of nitrogens with zero attached hydrogens (tertiary/aromatic N) is 3. The SMILES string of the molecule is Cc1noc(C)c1S(=O)(=O)Nc1ccc2c(c1)C(=O)N([C@H](C)CO)C[C@H](C)[C@H](CN(C)C)OCCCC[C@H](C)O2. The lowest BCUT2D eigenvalue weighted by Crippen LogP contribution is -2.47. The number of likely N-dealkylation sites (N-methyl/N-ethyl adjacent to an activating group) is 1. The molecule has 1 aromatic carbocycles. The molecule has 40 heavy (non-hydrogen) atoms. The summed E-state index contributed by atoms with van der Waals surface area (Å²) in [6.07, 6.45) is 2.26. The number of benzene rings is 1. The van der Waals surface area contributed by atoms with E-state index in [0.29, 0.717) is 25.4 Å². The number of carbonyl (C=O) groups is 1. The maximum atomic E-state index is 14.1. The Kier molecular flexibility index (Phi) is 11.0. The number of aromatic nitrogens is 1. The van der Waals surface area contributed by atoms with Gasteiger partial charge in [0.25, 0.3) is 15.9 Å². The van der Waals surface area contributed by atoms with E-state index in [9.17, 15) is 18.3 Å². The number of fused-ring (bicyclic) bond motifs is 1. The number of sulfonamides is 1. The number of amides is 1. The summed E-state index contributed by atoms with van der Waals surface area (Å²) < 4.78 is 46.4. The molecule has 224 valence electrons. The number of hydrogen-bond acceptors (Lipinski definition) is 9. The first-order valence-electron chi connectivity index (χ1n) is 13.8. The molecule has 1 amide bonds. The third-order valence-corrected chi connectivity index (χ3v) is 8.71. The Balaban J connectivity index is 2.04. The summed E-state index contributed by atoms with van der Waals surface area (Å²) in [6, 6.07) is 4.18. The molecule has 4 atom stereocenters. The van der Waals surface area contributed by atoms with Gasteiger partial charge in [-0.25, -0.2) is 8.42 Å². The molecule has 2 heterocycles. The Bertz CT molecular complexity index is 1230. The topological polar surface area (TPSA) is 134 Å². The summed E-state index contributed by atoms with van der Waals surface area (Å²) in [7, 11) is -0.0559. The molecule has 2 N–H and O–H groups in total. The van der Waals surface area contributed by atoms with Crippen LogP contribution in [0.3, 0.4) is 0 Å². The van der Waals surface area contributed by atoms with Crippen molar-refractivity contribution in [2.45, 2.75) is 77.0 Å². The molecular weight excluding hydrogens is 536 g/mol. The van der Waals surface area contributed by atoms with Gasteiger partial charge in [0.1, 0.15) is 11.4 Å². The van der Waals surface area contributed by atoms with Crippen LogP contribution in [0.5, 0.6) is 5.75 Å². The van der Waals surface area contributed by atoms with E-state index in [1.807, 2.05) is 27.9 Å². The first-order valence-corrected chi connectivity index (χ1v) is 15.3. The van der Waals surface area contributed by atoms with Gasteiger partial charge in [-0.2, -0.15) is 0 Å². The fourth-order valence-electron chi connectivity index (χ4n) is 4.87. The molecule has 0 aliphatic carbocycles. The number of nitrogens with one attached hydrogen (secondary N) is 1. The van der Waals surface area contributed by atoms with Crippen LogP contribution in [0, 0.1) is 19.8 Å². The minimum atomic E-state index is -4.03. The second kappa shape index (κ2) is 13.8. The molecule has 0 saturated heterocycles. The van der Waals surface area contributed by atoms with Crippen LogP contribution in [-0.2, 0) is 14.8 Å². The summed E-state index contributed by atoms with van der Waals surface area (Å²) in [5, 5.41) is 13.8. The van der Waals surface area contributed by atoms with Gasteiger partial charge in [-0.1, -0.05) is 12.1 Å². The van der Waals surface area contributed by atoms with Gasteiger partial charge in [-0.15, -0.1) is 0 Å². The van der Waals surface area contributed by atoms with Crippen LogP contribution in [0.1, 0.15) is 61.8 Å². The van der Waals surface area contributed by atoms with E-state index >= 15 is 0 Å². The highest BCUT2D eigenvalue weighted by Crippen LogP contribution is 2.30. The van der Waals surface area contributed by atoms with Crippen molar-refractivity contribution in [2.75, 3.05) is 45.1 Å². The van der Waals surface area contributed by atoms with Crippen LogP contribution >= 0.6 is 0 Å². The second-order valence-corrected chi connectivity index (χ2v) is 12.7. The van der Waals surface area contributed by atoms with Crippen molar-refractivity contribution in [1.82, 2.24) is 15.0 Å². The molecular formula is C28H44N4O7S. The molecule has 0 saturated carbocycles. The predicted molar refractivity (Wildman–Crippen MR) is 152 cm³/mol. The number of carbonyl (C=O) groups excluding carboxylic acids is 1. The van der Waals surface area contributed by atoms with Crippen LogP contribution in [0.4, 0.5) is 5.69 Å². The molecule has 0 fully saturated rings. The molecule has 3 rings (SSSR count). The van der Waals surface area contributed by atoms with E-state index in [-0.39, 0.29) is 58.2 Å². The first-order chi connectivity index (χ1) is 18.8. The van der Waals surface area contributed by atoms with E-state index in [2.05, 4.69) is 14.8 Å². The monoisotopic (exact) mass is 580 g/mol. The number of aliphatic hydroxyl groups is 1. The molecule has 0 unspecified atom stereocenters. The number of ether oxygens (including phenoxy) is 2. The number of aryl methyl sites for hydroxylation is 2. The van der Waals surface area contributed by atoms with Gasteiger partial charge >= 0.3 is 0 Å². The van der Waals surface area contributed by atoms with Crippen LogP contribution in [0.15, 0.2) is 27.6 Å². The number of hydrogen-bond donors (Lipinski definition) is 2. The van der Waals surface area contributed by atoms with E-state index < -0.39 is 16.1 Å². The van der Waals surface area contributed by atoms with Crippen LogP contribution < -0.4 is 9.46 Å². The van der Waals surface area contributed by atoms with Crippen molar-refractivity contribution in [2.24, 2.45) is 5.92 Å². The summed E-state index contributed by atoms with van der Waals surface area (Å²) in [5.41, 5.74) is 0.645. The van der Waals surface area contributed by atoms with Crippen molar-refractivity contribution < 1.29 is 32.3 Å². The summed E-state index contributed by atoms with van der Waals surface area (Å²) >= 11 is 0. The third kappa shape index (κ3) is 7.96. The minimum absolute atomic E-state index is 0.0344. The Morgan fingerprint density at radius 3 is 2.58 bits per heavy atom. The van der Waals surface area contributed by atoms with Gasteiger partial charge in [0.05, 0.1) is 30.4 Å². The molecule has 12 heteroatoms. The Morgan fingerprint density at radius 1 is 1.23 bits per heavy atom. The highest BCUT2D eigenvalue weighted by molar-refractivity contribution is 7.92. The average molecular weight is 581 g/mol.